The van der Waals surface area contributed by atoms with Gasteiger partial charge in [-0.05, 0) is 39.2 Å². The second-order valence-corrected chi connectivity index (χ2v) is 6.37. The molecule has 1 fully saturated rings. The molecule has 0 aliphatic carbocycles. The Hall–Kier alpha value is -1.69. The lowest BCUT2D eigenvalue weighted by atomic mass is 9.99. The highest BCUT2D eigenvalue weighted by atomic mass is 16.1. The summed E-state index contributed by atoms with van der Waals surface area (Å²) in [6.45, 7) is 5.63. The van der Waals surface area contributed by atoms with Crippen molar-refractivity contribution < 1.29 is 4.79 Å². The van der Waals surface area contributed by atoms with E-state index in [1.807, 2.05) is 19.9 Å². The van der Waals surface area contributed by atoms with E-state index in [0.29, 0.717) is 12.8 Å². The number of carbonyl (C=O) groups is 1. The average Bonchev–Trinajstić information content (AvgIpc) is 2.46. The molecule has 21 heavy (non-hydrogen) atoms. The summed E-state index contributed by atoms with van der Waals surface area (Å²) in [5.41, 5.74) is 5.61. The maximum absolute atomic E-state index is 11.9. The molecule has 6 nitrogen and oxygen atoms in total. The minimum Gasteiger partial charge on any atom is -0.353 e. The van der Waals surface area contributed by atoms with Crippen LogP contribution in [0.25, 0.3) is 0 Å². The van der Waals surface area contributed by atoms with Crippen molar-refractivity contribution in [1.82, 2.24) is 15.3 Å². The summed E-state index contributed by atoms with van der Waals surface area (Å²) in [4.78, 5) is 22.6. The van der Waals surface area contributed by atoms with E-state index in [9.17, 15) is 4.79 Å². The minimum absolute atomic E-state index is 0.0999. The summed E-state index contributed by atoms with van der Waals surface area (Å²) in [7, 11) is 0. The van der Waals surface area contributed by atoms with Crippen molar-refractivity contribution in [2.24, 2.45) is 5.73 Å². The number of hydrogen-bond donors (Lipinski definition) is 2. The Balaban J connectivity index is 1.73. The van der Waals surface area contributed by atoms with Crippen molar-refractivity contribution in [3.05, 3.63) is 18.5 Å². The van der Waals surface area contributed by atoms with Crippen molar-refractivity contribution in [1.29, 1.82) is 0 Å². The van der Waals surface area contributed by atoms with Crippen LogP contribution in [0.1, 0.15) is 39.5 Å². The third kappa shape index (κ3) is 5.30. The number of aromatic nitrogens is 2. The van der Waals surface area contributed by atoms with E-state index in [1.54, 1.807) is 12.4 Å². The number of amides is 1. The zero-order chi connectivity index (χ0) is 15.3. The van der Waals surface area contributed by atoms with Gasteiger partial charge in [-0.15, -0.1) is 0 Å². The third-order valence-corrected chi connectivity index (χ3v) is 3.69. The summed E-state index contributed by atoms with van der Waals surface area (Å²) in [6.07, 6.45) is 6.56. The van der Waals surface area contributed by atoms with Crippen LogP contribution in [0.15, 0.2) is 18.5 Å². The number of anilines is 1. The van der Waals surface area contributed by atoms with Crippen molar-refractivity contribution >= 4 is 11.9 Å². The molecule has 0 unspecified atom stereocenters. The molecule has 0 spiro atoms. The molecule has 6 heteroatoms. The predicted molar refractivity (Wildman–Crippen MR) is 82.9 cm³/mol. The minimum atomic E-state index is -0.286. The van der Waals surface area contributed by atoms with Gasteiger partial charge in [-0.25, -0.2) is 9.97 Å². The molecule has 116 valence electrons. The van der Waals surface area contributed by atoms with Gasteiger partial charge in [0.15, 0.2) is 0 Å². The normalized spacial score (nSPS) is 16.8. The molecule has 2 heterocycles. The van der Waals surface area contributed by atoms with Crippen molar-refractivity contribution in [3.63, 3.8) is 0 Å². The molecule has 1 aromatic rings. The van der Waals surface area contributed by atoms with Gasteiger partial charge in [-0.2, -0.15) is 0 Å². The average molecular weight is 291 g/mol. The Labute approximate surface area is 126 Å². The maximum Gasteiger partial charge on any atom is 0.225 e. The molecule has 0 radical (unpaired) electrons. The topological polar surface area (TPSA) is 84.1 Å². The molecule has 3 N–H and O–H groups in total. The molecule has 1 saturated heterocycles. The molecule has 1 aliphatic rings. The van der Waals surface area contributed by atoms with E-state index in [4.69, 9.17) is 5.73 Å². The molecular formula is C15H25N5O. The van der Waals surface area contributed by atoms with Crippen molar-refractivity contribution in [2.75, 3.05) is 18.0 Å². The lowest BCUT2D eigenvalue weighted by Gasteiger charge is -2.32. The molecule has 0 saturated carbocycles. The Morgan fingerprint density at radius 1 is 1.38 bits per heavy atom. The van der Waals surface area contributed by atoms with Crippen LogP contribution in [0, 0.1) is 0 Å². The molecule has 0 aromatic carbocycles. The van der Waals surface area contributed by atoms with Crippen LogP contribution >= 0.6 is 0 Å². The SMILES string of the molecule is CC(C)(N)CCC(=O)NC1CCN(c2ncccn2)CC1. The number of piperidine rings is 1. The third-order valence-electron chi connectivity index (χ3n) is 3.69. The van der Waals surface area contributed by atoms with Crippen LogP contribution in [-0.2, 0) is 4.79 Å². The molecule has 0 bridgehead atoms. The van der Waals surface area contributed by atoms with E-state index in [0.717, 1.165) is 31.9 Å². The van der Waals surface area contributed by atoms with Gasteiger partial charge in [0, 0.05) is 43.5 Å². The van der Waals surface area contributed by atoms with E-state index < -0.39 is 0 Å². The number of rotatable bonds is 5. The standard InChI is InChI=1S/C15H25N5O/c1-15(2,16)7-4-13(21)19-12-5-10-20(11-6-12)14-17-8-3-9-18-14/h3,8-9,12H,4-7,10-11,16H2,1-2H3,(H,19,21). The Bertz CT molecular complexity index is 449. The number of carbonyl (C=O) groups excluding carboxylic acids is 1. The van der Waals surface area contributed by atoms with Gasteiger partial charge in [0.05, 0.1) is 0 Å². The highest BCUT2D eigenvalue weighted by Crippen LogP contribution is 2.15. The van der Waals surface area contributed by atoms with E-state index >= 15 is 0 Å². The molecule has 1 aromatic heterocycles. The van der Waals surface area contributed by atoms with Crippen LogP contribution in [0.4, 0.5) is 5.95 Å². The quantitative estimate of drug-likeness (QED) is 0.848. The fourth-order valence-corrected chi connectivity index (χ4v) is 2.41. The molecular weight excluding hydrogens is 266 g/mol. The predicted octanol–water partition coefficient (Wildman–Crippen LogP) is 1.08. The summed E-state index contributed by atoms with van der Waals surface area (Å²) in [5.74, 6) is 0.870. The monoisotopic (exact) mass is 291 g/mol. The van der Waals surface area contributed by atoms with Crippen molar-refractivity contribution in [3.8, 4) is 0 Å². The number of hydrogen-bond acceptors (Lipinski definition) is 5. The van der Waals surface area contributed by atoms with Gasteiger partial charge < -0.3 is 16.0 Å². The fraction of sp³-hybridized carbons (Fsp3) is 0.667. The first-order chi connectivity index (χ1) is 9.94. The largest absolute Gasteiger partial charge is 0.353 e. The molecule has 1 aliphatic heterocycles. The van der Waals surface area contributed by atoms with Crippen LogP contribution in [0.2, 0.25) is 0 Å². The van der Waals surface area contributed by atoms with Gasteiger partial charge in [-0.3, -0.25) is 4.79 Å². The summed E-state index contributed by atoms with van der Waals surface area (Å²) in [5, 5.41) is 3.10. The van der Waals surface area contributed by atoms with E-state index in [-0.39, 0.29) is 17.5 Å². The fourth-order valence-electron chi connectivity index (χ4n) is 2.41. The first-order valence-electron chi connectivity index (χ1n) is 7.54. The lowest BCUT2D eigenvalue weighted by Crippen LogP contribution is -2.45. The zero-order valence-corrected chi connectivity index (χ0v) is 12.9. The van der Waals surface area contributed by atoms with Gasteiger partial charge in [0.25, 0.3) is 0 Å². The van der Waals surface area contributed by atoms with Crippen LogP contribution in [0.3, 0.4) is 0 Å². The molecule has 2 rings (SSSR count). The first kappa shape index (κ1) is 15.7. The number of nitrogens with one attached hydrogen (secondary N) is 1. The number of nitrogens with zero attached hydrogens (tertiary/aromatic N) is 3. The van der Waals surface area contributed by atoms with Crippen LogP contribution in [-0.4, -0.2) is 40.5 Å². The van der Waals surface area contributed by atoms with Gasteiger partial charge in [0.2, 0.25) is 11.9 Å². The second-order valence-electron chi connectivity index (χ2n) is 6.37. The molecule has 0 atom stereocenters. The highest BCUT2D eigenvalue weighted by molar-refractivity contribution is 5.76. The van der Waals surface area contributed by atoms with Crippen LogP contribution < -0.4 is 16.0 Å². The second kappa shape index (κ2) is 6.85. The van der Waals surface area contributed by atoms with Gasteiger partial charge >= 0.3 is 0 Å². The van der Waals surface area contributed by atoms with E-state index in [1.165, 1.54) is 0 Å². The summed E-state index contributed by atoms with van der Waals surface area (Å²) < 4.78 is 0. The maximum atomic E-state index is 11.9. The summed E-state index contributed by atoms with van der Waals surface area (Å²) in [6, 6.07) is 2.06. The summed E-state index contributed by atoms with van der Waals surface area (Å²) >= 11 is 0. The highest BCUT2D eigenvalue weighted by Gasteiger charge is 2.22. The number of nitrogens with two attached hydrogens (primary N) is 1. The first-order valence-corrected chi connectivity index (χ1v) is 7.54. The Morgan fingerprint density at radius 3 is 2.57 bits per heavy atom. The van der Waals surface area contributed by atoms with Crippen molar-refractivity contribution in [2.45, 2.75) is 51.1 Å². The van der Waals surface area contributed by atoms with E-state index in [2.05, 4.69) is 20.2 Å². The Morgan fingerprint density at radius 2 is 2.00 bits per heavy atom. The Kier molecular flexibility index (Phi) is 5.12. The van der Waals surface area contributed by atoms with Crippen LogP contribution in [0.5, 0.6) is 0 Å². The lowest BCUT2D eigenvalue weighted by molar-refractivity contribution is -0.122. The molecule has 1 amide bonds. The van der Waals surface area contributed by atoms with Gasteiger partial charge in [-0.1, -0.05) is 0 Å². The zero-order valence-electron chi connectivity index (χ0n) is 12.9. The van der Waals surface area contributed by atoms with Gasteiger partial charge in [0.1, 0.15) is 0 Å². The smallest absolute Gasteiger partial charge is 0.225 e.